The molecule has 2 aliphatic rings. The summed E-state index contributed by atoms with van der Waals surface area (Å²) in [5.41, 5.74) is -0.382. The van der Waals surface area contributed by atoms with E-state index < -0.39 is 5.79 Å². The molecule has 2 heteroatoms. The van der Waals surface area contributed by atoms with Gasteiger partial charge in [-0.05, 0) is 18.6 Å². The molecule has 1 saturated heterocycles. The first-order valence-electron chi connectivity index (χ1n) is 6.52. The number of ether oxygens (including phenoxy) is 1. The number of aliphatic hydroxyl groups is 1. The van der Waals surface area contributed by atoms with Gasteiger partial charge in [0.05, 0.1) is 0 Å². The molecule has 2 unspecified atom stereocenters. The fourth-order valence-corrected chi connectivity index (χ4v) is 2.46. The topological polar surface area (TPSA) is 32.8 Å². The van der Waals surface area contributed by atoms with E-state index in [0.29, 0.717) is 0 Å². The number of epoxide rings is 1. The minimum absolute atomic E-state index is 0.382. The SMILES string of the molecule is CCCCCCCCC12C=CC=CC1(O)O2. The summed E-state index contributed by atoms with van der Waals surface area (Å²) in [6, 6.07) is 0. The minimum Gasteiger partial charge on any atom is -0.360 e. The van der Waals surface area contributed by atoms with Crippen molar-refractivity contribution < 1.29 is 9.84 Å². The van der Waals surface area contributed by atoms with Gasteiger partial charge < -0.3 is 9.84 Å². The Morgan fingerprint density at radius 2 is 1.69 bits per heavy atom. The third kappa shape index (κ3) is 2.23. The standard InChI is InChI=1S/C14H22O2/c1-2-3-4-5-6-7-10-13-11-8-9-12-14(13,15)16-13/h8-9,11-12,15H,2-7,10H2,1H3. The van der Waals surface area contributed by atoms with Gasteiger partial charge in [0.2, 0.25) is 5.79 Å². The molecule has 1 heterocycles. The lowest BCUT2D eigenvalue weighted by atomic mass is 9.91. The average molecular weight is 222 g/mol. The maximum Gasteiger partial charge on any atom is 0.220 e. The Balaban J connectivity index is 1.64. The van der Waals surface area contributed by atoms with E-state index in [9.17, 15) is 5.11 Å². The van der Waals surface area contributed by atoms with Crippen LogP contribution in [0.5, 0.6) is 0 Å². The molecule has 0 aromatic carbocycles. The van der Waals surface area contributed by atoms with Crippen LogP contribution in [0.2, 0.25) is 0 Å². The molecule has 1 fully saturated rings. The highest BCUT2D eigenvalue weighted by Crippen LogP contribution is 2.53. The number of allylic oxidation sites excluding steroid dienone is 2. The van der Waals surface area contributed by atoms with Gasteiger partial charge in [0.15, 0.2) is 0 Å². The fraction of sp³-hybridized carbons (Fsp3) is 0.714. The largest absolute Gasteiger partial charge is 0.360 e. The van der Waals surface area contributed by atoms with Gasteiger partial charge in [-0.25, -0.2) is 0 Å². The van der Waals surface area contributed by atoms with Gasteiger partial charge in [0, 0.05) is 0 Å². The predicted octanol–water partition coefficient (Wildman–Crippen LogP) is 3.32. The van der Waals surface area contributed by atoms with Gasteiger partial charge in [-0.2, -0.15) is 0 Å². The van der Waals surface area contributed by atoms with Gasteiger partial charge in [-0.15, -0.1) is 0 Å². The van der Waals surface area contributed by atoms with Gasteiger partial charge in [0.1, 0.15) is 5.60 Å². The van der Waals surface area contributed by atoms with Crippen molar-refractivity contribution in [2.75, 3.05) is 0 Å². The van der Waals surface area contributed by atoms with Crippen LogP contribution in [0.3, 0.4) is 0 Å². The molecule has 2 rings (SSSR count). The van der Waals surface area contributed by atoms with Crippen molar-refractivity contribution in [3.05, 3.63) is 24.3 Å². The zero-order valence-corrected chi connectivity index (χ0v) is 10.1. The molecule has 0 saturated carbocycles. The zero-order chi connectivity index (χ0) is 11.5. The van der Waals surface area contributed by atoms with Gasteiger partial charge in [-0.1, -0.05) is 57.6 Å². The van der Waals surface area contributed by atoms with E-state index >= 15 is 0 Å². The van der Waals surface area contributed by atoms with Crippen molar-refractivity contribution in [3.63, 3.8) is 0 Å². The Hall–Kier alpha value is -0.600. The van der Waals surface area contributed by atoms with Gasteiger partial charge >= 0.3 is 0 Å². The quantitative estimate of drug-likeness (QED) is 0.529. The molecular weight excluding hydrogens is 200 g/mol. The van der Waals surface area contributed by atoms with Crippen LogP contribution < -0.4 is 0 Å². The molecule has 1 aliphatic heterocycles. The second-order valence-corrected chi connectivity index (χ2v) is 4.92. The van der Waals surface area contributed by atoms with E-state index in [0.717, 1.165) is 12.8 Å². The van der Waals surface area contributed by atoms with Crippen molar-refractivity contribution in [2.24, 2.45) is 0 Å². The lowest BCUT2D eigenvalue weighted by Crippen LogP contribution is -2.23. The maximum atomic E-state index is 9.98. The van der Waals surface area contributed by atoms with Crippen LogP contribution in [0.1, 0.15) is 51.9 Å². The summed E-state index contributed by atoms with van der Waals surface area (Å²) in [6.07, 6.45) is 16.2. The van der Waals surface area contributed by atoms with Gasteiger partial charge in [-0.3, -0.25) is 0 Å². The molecule has 1 aliphatic carbocycles. The summed E-state index contributed by atoms with van der Waals surface area (Å²) >= 11 is 0. The van der Waals surface area contributed by atoms with E-state index in [4.69, 9.17) is 4.74 Å². The predicted molar refractivity (Wildman–Crippen MR) is 65.0 cm³/mol. The zero-order valence-electron chi connectivity index (χ0n) is 10.1. The highest BCUT2D eigenvalue weighted by Gasteiger charge is 2.66. The summed E-state index contributed by atoms with van der Waals surface area (Å²) in [5, 5.41) is 9.98. The van der Waals surface area contributed by atoms with Crippen LogP contribution in [-0.2, 0) is 4.74 Å². The molecule has 90 valence electrons. The number of fused-ring (bicyclic) bond motifs is 1. The van der Waals surface area contributed by atoms with E-state index in [2.05, 4.69) is 6.92 Å². The van der Waals surface area contributed by atoms with Crippen molar-refractivity contribution >= 4 is 0 Å². The van der Waals surface area contributed by atoms with Crippen molar-refractivity contribution in [1.82, 2.24) is 0 Å². The summed E-state index contributed by atoms with van der Waals surface area (Å²) in [4.78, 5) is 0. The lowest BCUT2D eigenvalue weighted by molar-refractivity contribution is 0.0825. The Morgan fingerprint density at radius 1 is 1.00 bits per heavy atom. The van der Waals surface area contributed by atoms with Crippen LogP contribution in [0, 0.1) is 0 Å². The fourth-order valence-electron chi connectivity index (χ4n) is 2.46. The van der Waals surface area contributed by atoms with Crippen molar-refractivity contribution in [2.45, 2.75) is 63.3 Å². The van der Waals surface area contributed by atoms with Crippen LogP contribution >= 0.6 is 0 Å². The number of hydrogen-bond donors (Lipinski definition) is 1. The van der Waals surface area contributed by atoms with Crippen LogP contribution in [-0.4, -0.2) is 16.5 Å². The summed E-state index contributed by atoms with van der Waals surface area (Å²) in [6.45, 7) is 2.23. The van der Waals surface area contributed by atoms with Crippen molar-refractivity contribution in [1.29, 1.82) is 0 Å². The first-order valence-corrected chi connectivity index (χ1v) is 6.52. The molecule has 1 N–H and O–H groups in total. The first kappa shape index (κ1) is 11.9. The second-order valence-electron chi connectivity index (χ2n) is 4.92. The van der Waals surface area contributed by atoms with E-state index in [1.807, 2.05) is 18.2 Å². The highest BCUT2D eigenvalue weighted by molar-refractivity contribution is 5.34. The normalized spacial score (nSPS) is 35.1. The smallest absolute Gasteiger partial charge is 0.220 e. The molecule has 16 heavy (non-hydrogen) atoms. The summed E-state index contributed by atoms with van der Waals surface area (Å²) in [5.74, 6) is -0.981. The third-order valence-electron chi connectivity index (χ3n) is 3.60. The molecule has 0 spiro atoms. The molecule has 0 aromatic rings. The van der Waals surface area contributed by atoms with Crippen molar-refractivity contribution in [3.8, 4) is 0 Å². The van der Waals surface area contributed by atoms with E-state index in [1.165, 1.54) is 32.1 Å². The highest BCUT2D eigenvalue weighted by atomic mass is 16.7. The monoisotopic (exact) mass is 222 g/mol. The molecule has 0 radical (unpaired) electrons. The minimum atomic E-state index is -0.981. The Kier molecular flexibility index (Phi) is 3.50. The molecule has 2 nitrogen and oxygen atoms in total. The molecular formula is C14H22O2. The van der Waals surface area contributed by atoms with Crippen LogP contribution in [0.15, 0.2) is 24.3 Å². The molecule has 0 amide bonds. The molecule has 0 bridgehead atoms. The number of hydrogen-bond acceptors (Lipinski definition) is 2. The second kappa shape index (κ2) is 4.72. The first-order chi connectivity index (χ1) is 7.72. The number of rotatable bonds is 7. The Morgan fingerprint density at radius 3 is 2.44 bits per heavy atom. The van der Waals surface area contributed by atoms with Crippen LogP contribution in [0.4, 0.5) is 0 Å². The average Bonchev–Trinajstić information content (AvgIpc) is 2.90. The number of unbranched alkanes of at least 4 members (excludes halogenated alkanes) is 5. The van der Waals surface area contributed by atoms with E-state index in [1.54, 1.807) is 6.08 Å². The Labute approximate surface area is 98.0 Å². The maximum absolute atomic E-state index is 9.98. The summed E-state index contributed by atoms with van der Waals surface area (Å²) in [7, 11) is 0. The third-order valence-corrected chi connectivity index (χ3v) is 3.60. The molecule has 2 atom stereocenters. The van der Waals surface area contributed by atoms with Gasteiger partial charge in [0.25, 0.3) is 0 Å². The van der Waals surface area contributed by atoms with E-state index in [-0.39, 0.29) is 5.60 Å². The Bertz CT molecular complexity index is 295. The van der Waals surface area contributed by atoms with Crippen LogP contribution in [0.25, 0.3) is 0 Å². The molecule has 0 aromatic heterocycles. The summed E-state index contributed by atoms with van der Waals surface area (Å²) < 4.78 is 5.46. The lowest BCUT2D eigenvalue weighted by Gasteiger charge is -2.11.